The van der Waals surface area contributed by atoms with Crippen LogP contribution >= 0.6 is 0 Å². The molecule has 1 aromatic heterocycles. The zero-order valence-electron chi connectivity index (χ0n) is 9.36. The van der Waals surface area contributed by atoms with Gasteiger partial charge in [-0.3, -0.25) is 0 Å². The largest absolute Gasteiger partial charge is 0.398 e. The molecule has 0 aliphatic carbocycles. The number of benzene rings is 1. The predicted molar refractivity (Wildman–Crippen MR) is 65.8 cm³/mol. The van der Waals surface area contributed by atoms with Crippen LogP contribution in [0.15, 0.2) is 24.3 Å². The molecule has 0 unspecified atom stereocenters. The van der Waals surface area contributed by atoms with Crippen LogP contribution in [0.2, 0.25) is 0 Å². The lowest BCUT2D eigenvalue weighted by atomic mass is 10.1. The minimum absolute atomic E-state index is 0.505. The number of hydrogen-bond donors (Lipinski definition) is 2. The quantitative estimate of drug-likeness (QED) is 0.711. The summed E-state index contributed by atoms with van der Waals surface area (Å²) < 4.78 is 0. The van der Waals surface area contributed by atoms with E-state index in [1.807, 2.05) is 38.1 Å². The second-order valence-electron chi connectivity index (χ2n) is 3.73. The molecule has 0 spiro atoms. The average Bonchev–Trinajstić information content (AvgIpc) is 2.26. The first kappa shape index (κ1) is 10.4. The van der Waals surface area contributed by atoms with Crippen LogP contribution in [-0.2, 0) is 0 Å². The maximum absolute atomic E-state index is 5.87. The molecule has 0 aliphatic heterocycles. The van der Waals surface area contributed by atoms with Gasteiger partial charge in [0.15, 0.2) is 5.82 Å². The van der Waals surface area contributed by atoms with E-state index in [1.54, 1.807) is 0 Å². The van der Waals surface area contributed by atoms with E-state index in [0.717, 1.165) is 16.8 Å². The Balaban J connectivity index is 2.62. The minimum atomic E-state index is 0.505. The van der Waals surface area contributed by atoms with Crippen LogP contribution in [0.1, 0.15) is 11.3 Å². The van der Waals surface area contributed by atoms with E-state index < -0.39 is 0 Å². The van der Waals surface area contributed by atoms with E-state index >= 15 is 0 Å². The highest BCUT2D eigenvalue weighted by molar-refractivity contribution is 5.72. The van der Waals surface area contributed by atoms with Crippen molar-refractivity contribution in [3.8, 4) is 11.4 Å². The van der Waals surface area contributed by atoms with E-state index in [1.165, 1.54) is 0 Å². The number of aromatic nitrogens is 2. The summed E-state index contributed by atoms with van der Waals surface area (Å²) in [5.41, 5.74) is 15.0. The van der Waals surface area contributed by atoms with Crippen molar-refractivity contribution in [2.75, 3.05) is 11.5 Å². The summed E-state index contributed by atoms with van der Waals surface area (Å²) in [4.78, 5) is 8.64. The van der Waals surface area contributed by atoms with E-state index in [0.29, 0.717) is 17.3 Å². The Morgan fingerprint density at radius 2 is 1.69 bits per heavy atom. The number of hydrogen-bond acceptors (Lipinski definition) is 4. The van der Waals surface area contributed by atoms with Gasteiger partial charge in [0.1, 0.15) is 5.82 Å². The van der Waals surface area contributed by atoms with Gasteiger partial charge in [-0.25, -0.2) is 9.97 Å². The third kappa shape index (κ3) is 1.69. The zero-order valence-corrected chi connectivity index (χ0v) is 9.36. The summed E-state index contributed by atoms with van der Waals surface area (Å²) in [5.74, 6) is 1.09. The van der Waals surface area contributed by atoms with Crippen LogP contribution in [0, 0.1) is 13.8 Å². The van der Waals surface area contributed by atoms with Crippen LogP contribution in [0.3, 0.4) is 0 Å². The summed E-state index contributed by atoms with van der Waals surface area (Å²) in [6.07, 6.45) is 0. The molecular weight excluding hydrogens is 200 g/mol. The van der Waals surface area contributed by atoms with Crippen LogP contribution in [0.25, 0.3) is 11.4 Å². The third-order valence-corrected chi connectivity index (χ3v) is 2.63. The summed E-state index contributed by atoms with van der Waals surface area (Å²) in [6.45, 7) is 3.82. The number of aryl methyl sites for hydroxylation is 1. The summed E-state index contributed by atoms with van der Waals surface area (Å²) >= 11 is 0. The van der Waals surface area contributed by atoms with Gasteiger partial charge in [0, 0.05) is 22.5 Å². The Morgan fingerprint density at radius 3 is 2.31 bits per heavy atom. The number of anilines is 2. The average molecular weight is 214 g/mol. The fraction of sp³-hybridized carbons (Fsp3) is 0.167. The first-order valence-electron chi connectivity index (χ1n) is 5.05. The third-order valence-electron chi connectivity index (χ3n) is 2.63. The van der Waals surface area contributed by atoms with Crippen LogP contribution in [0.5, 0.6) is 0 Å². The second kappa shape index (κ2) is 3.81. The first-order valence-corrected chi connectivity index (χ1v) is 5.05. The molecule has 0 bridgehead atoms. The normalized spacial score (nSPS) is 10.4. The molecular formula is C12H14N4. The molecule has 1 heterocycles. The van der Waals surface area contributed by atoms with Crippen LogP contribution in [0.4, 0.5) is 11.5 Å². The van der Waals surface area contributed by atoms with Crippen LogP contribution < -0.4 is 11.5 Å². The van der Waals surface area contributed by atoms with E-state index in [4.69, 9.17) is 11.5 Å². The number of para-hydroxylation sites is 1. The van der Waals surface area contributed by atoms with Gasteiger partial charge in [-0.1, -0.05) is 12.1 Å². The molecule has 0 saturated heterocycles. The van der Waals surface area contributed by atoms with Gasteiger partial charge in [0.25, 0.3) is 0 Å². The molecule has 0 aliphatic rings. The lowest BCUT2D eigenvalue weighted by Gasteiger charge is -2.08. The van der Waals surface area contributed by atoms with E-state index in [9.17, 15) is 0 Å². The molecule has 4 N–H and O–H groups in total. The molecule has 0 atom stereocenters. The van der Waals surface area contributed by atoms with Crippen molar-refractivity contribution in [1.82, 2.24) is 9.97 Å². The van der Waals surface area contributed by atoms with Crippen molar-refractivity contribution >= 4 is 11.5 Å². The minimum Gasteiger partial charge on any atom is -0.398 e. The fourth-order valence-electron chi connectivity index (χ4n) is 1.47. The fourth-order valence-corrected chi connectivity index (χ4v) is 1.47. The maximum atomic E-state index is 5.87. The molecule has 0 radical (unpaired) electrons. The number of nitrogens with zero attached hydrogens (tertiary/aromatic N) is 2. The molecule has 1 aromatic carbocycles. The monoisotopic (exact) mass is 214 g/mol. The Kier molecular flexibility index (Phi) is 2.48. The molecule has 0 saturated carbocycles. The van der Waals surface area contributed by atoms with E-state index in [2.05, 4.69) is 9.97 Å². The van der Waals surface area contributed by atoms with Gasteiger partial charge >= 0.3 is 0 Å². The highest BCUT2D eigenvalue weighted by atomic mass is 15.0. The van der Waals surface area contributed by atoms with Gasteiger partial charge in [-0.15, -0.1) is 0 Å². The lowest BCUT2D eigenvalue weighted by molar-refractivity contribution is 1.08. The summed E-state index contributed by atoms with van der Waals surface area (Å²) in [5, 5.41) is 0. The van der Waals surface area contributed by atoms with E-state index in [-0.39, 0.29) is 0 Å². The van der Waals surface area contributed by atoms with Gasteiger partial charge in [0.05, 0.1) is 0 Å². The Morgan fingerprint density at radius 1 is 1.00 bits per heavy atom. The van der Waals surface area contributed by atoms with Gasteiger partial charge in [-0.05, 0) is 26.0 Å². The lowest BCUT2D eigenvalue weighted by Crippen LogP contribution is -2.03. The van der Waals surface area contributed by atoms with Gasteiger partial charge in [0.2, 0.25) is 0 Å². The number of nitrogen functional groups attached to an aromatic ring is 2. The predicted octanol–water partition coefficient (Wildman–Crippen LogP) is 1.92. The molecule has 2 rings (SSSR count). The molecule has 0 fully saturated rings. The molecule has 2 aromatic rings. The smallest absolute Gasteiger partial charge is 0.163 e. The number of nitrogens with two attached hydrogens (primary N) is 2. The van der Waals surface area contributed by atoms with Crippen molar-refractivity contribution in [3.63, 3.8) is 0 Å². The molecule has 4 nitrogen and oxygen atoms in total. The molecule has 4 heteroatoms. The first-order chi connectivity index (χ1) is 7.59. The molecule has 82 valence electrons. The highest BCUT2D eigenvalue weighted by Gasteiger charge is 2.09. The Bertz CT molecular complexity index is 511. The Hall–Kier alpha value is -2.10. The topological polar surface area (TPSA) is 77.8 Å². The van der Waals surface area contributed by atoms with Crippen molar-refractivity contribution < 1.29 is 0 Å². The standard InChI is InChI=1S/C12H14N4/c1-7-8(2)15-12(16-11(7)14)9-5-3-4-6-10(9)13/h3-6H,13H2,1-2H3,(H2,14,15,16). The number of rotatable bonds is 1. The summed E-state index contributed by atoms with van der Waals surface area (Å²) in [7, 11) is 0. The molecule has 0 amide bonds. The van der Waals surface area contributed by atoms with Crippen molar-refractivity contribution in [3.05, 3.63) is 35.5 Å². The van der Waals surface area contributed by atoms with Crippen LogP contribution in [-0.4, -0.2) is 9.97 Å². The van der Waals surface area contributed by atoms with Gasteiger partial charge in [-0.2, -0.15) is 0 Å². The zero-order chi connectivity index (χ0) is 11.7. The van der Waals surface area contributed by atoms with Crippen molar-refractivity contribution in [2.24, 2.45) is 0 Å². The van der Waals surface area contributed by atoms with Crippen molar-refractivity contribution in [1.29, 1.82) is 0 Å². The SMILES string of the molecule is Cc1nc(-c2ccccc2N)nc(N)c1C. The molecule has 16 heavy (non-hydrogen) atoms. The second-order valence-corrected chi connectivity index (χ2v) is 3.73. The highest BCUT2D eigenvalue weighted by Crippen LogP contribution is 2.24. The summed E-state index contributed by atoms with van der Waals surface area (Å²) in [6, 6.07) is 7.49. The van der Waals surface area contributed by atoms with Crippen molar-refractivity contribution in [2.45, 2.75) is 13.8 Å². The Labute approximate surface area is 94.3 Å². The van der Waals surface area contributed by atoms with Gasteiger partial charge < -0.3 is 11.5 Å². The maximum Gasteiger partial charge on any atom is 0.163 e.